The van der Waals surface area contributed by atoms with Crippen LogP contribution in [-0.4, -0.2) is 40.9 Å². The molecule has 0 aromatic heterocycles. The van der Waals surface area contributed by atoms with Gasteiger partial charge in [0.1, 0.15) is 0 Å². The Bertz CT molecular complexity index is 517. The number of carbonyl (C=O) groups excluding carboxylic acids is 1. The molecule has 0 spiro atoms. The van der Waals surface area contributed by atoms with Crippen LogP contribution in [0.1, 0.15) is 11.1 Å². The molecular formula is C13H15F3N2O2. The van der Waals surface area contributed by atoms with Crippen molar-refractivity contribution in [3.63, 3.8) is 0 Å². The molecule has 4 nitrogen and oxygen atoms in total. The highest BCUT2D eigenvalue weighted by Crippen LogP contribution is 2.37. The number of rotatable bonds is 1. The number of β-amino-alcohol motifs (C(OH)–C–C–N with tert-alkyl or cyclic N) is 1. The van der Waals surface area contributed by atoms with Crippen LogP contribution in [0.3, 0.4) is 0 Å². The molecule has 20 heavy (non-hydrogen) atoms. The maximum Gasteiger partial charge on any atom is 0.420 e. The summed E-state index contributed by atoms with van der Waals surface area (Å²) in [6, 6.07) is 4.78. The lowest BCUT2D eigenvalue weighted by Gasteiger charge is -2.46. The maximum absolute atomic E-state index is 12.5. The molecule has 2 rings (SSSR count). The van der Waals surface area contributed by atoms with Gasteiger partial charge < -0.3 is 15.3 Å². The lowest BCUT2D eigenvalue weighted by Crippen LogP contribution is -2.70. The van der Waals surface area contributed by atoms with Crippen LogP contribution in [0.4, 0.5) is 23.7 Å². The number of aliphatic hydroxyl groups is 1. The number of amides is 2. The van der Waals surface area contributed by atoms with Gasteiger partial charge >= 0.3 is 12.2 Å². The number of halogens is 3. The van der Waals surface area contributed by atoms with E-state index in [1.54, 1.807) is 26.0 Å². The Labute approximate surface area is 114 Å². The van der Waals surface area contributed by atoms with Gasteiger partial charge in [0.05, 0.1) is 13.1 Å². The largest absolute Gasteiger partial charge is 0.420 e. The van der Waals surface area contributed by atoms with Gasteiger partial charge in [-0.1, -0.05) is 18.2 Å². The molecule has 0 atom stereocenters. The fraction of sp³-hybridized carbons (Fsp3) is 0.462. The fourth-order valence-corrected chi connectivity index (χ4v) is 2.11. The van der Waals surface area contributed by atoms with Crippen LogP contribution in [0.15, 0.2) is 18.2 Å². The van der Waals surface area contributed by atoms with Crippen molar-refractivity contribution in [3.8, 4) is 0 Å². The van der Waals surface area contributed by atoms with Crippen LogP contribution < -0.4 is 5.32 Å². The van der Waals surface area contributed by atoms with Crippen molar-refractivity contribution in [3.05, 3.63) is 29.3 Å². The van der Waals surface area contributed by atoms with E-state index in [2.05, 4.69) is 5.32 Å². The summed E-state index contributed by atoms with van der Waals surface area (Å²) in [5.41, 5.74) is -0.555. The van der Waals surface area contributed by atoms with E-state index < -0.39 is 30.9 Å². The van der Waals surface area contributed by atoms with E-state index in [1.165, 1.54) is 0 Å². The van der Waals surface area contributed by atoms with Crippen molar-refractivity contribution in [2.75, 3.05) is 18.4 Å². The third-order valence-electron chi connectivity index (χ3n) is 3.43. The van der Waals surface area contributed by atoms with Gasteiger partial charge in [-0.3, -0.25) is 0 Å². The Morgan fingerprint density at radius 3 is 2.25 bits per heavy atom. The van der Waals surface area contributed by atoms with Crippen LogP contribution in [-0.2, 0) is 0 Å². The van der Waals surface area contributed by atoms with Crippen molar-refractivity contribution >= 4 is 11.7 Å². The molecule has 2 amide bonds. The second-order valence-electron chi connectivity index (χ2n) is 5.08. The standard InChI is InChI=1S/C13H15F3N2O2/c1-8-4-3-5-9(2)10(8)17-11(19)18-6-12(20,7-18)13(14,15)16/h3-5,20H,6-7H2,1-2H3,(H,17,19). The topological polar surface area (TPSA) is 52.6 Å². The number of anilines is 1. The molecule has 1 aliphatic rings. The van der Waals surface area contributed by atoms with Gasteiger partial charge in [0.15, 0.2) is 5.60 Å². The number of alkyl halides is 3. The van der Waals surface area contributed by atoms with Crippen LogP contribution in [0.2, 0.25) is 0 Å². The van der Waals surface area contributed by atoms with Gasteiger partial charge in [-0.15, -0.1) is 0 Å². The van der Waals surface area contributed by atoms with Gasteiger partial charge in [0.2, 0.25) is 0 Å². The number of nitrogens with one attached hydrogen (secondary N) is 1. The average Bonchev–Trinajstić information content (AvgIpc) is 2.28. The van der Waals surface area contributed by atoms with E-state index in [0.717, 1.165) is 16.0 Å². The van der Waals surface area contributed by atoms with E-state index in [-0.39, 0.29) is 0 Å². The Balaban J connectivity index is 2.02. The number of benzene rings is 1. The summed E-state index contributed by atoms with van der Waals surface area (Å²) >= 11 is 0. The first-order valence-electron chi connectivity index (χ1n) is 6.05. The fourth-order valence-electron chi connectivity index (χ4n) is 2.11. The average molecular weight is 288 g/mol. The molecule has 110 valence electrons. The first kappa shape index (κ1) is 14.6. The molecule has 0 saturated carbocycles. The van der Waals surface area contributed by atoms with Gasteiger partial charge in [-0.05, 0) is 25.0 Å². The van der Waals surface area contributed by atoms with Crippen molar-refractivity contribution in [2.45, 2.75) is 25.6 Å². The van der Waals surface area contributed by atoms with Crippen molar-refractivity contribution in [1.29, 1.82) is 0 Å². The smallest absolute Gasteiger partial charge is 0.378 e. The second-order valence-corrected chi connectivity index (χ2v) is 5.08. The molecular weight excluding hydrogens is 273 g/mol. The van der Waals surface area contributed by atoms with Crippen LogP contribution in [0.5, 0.6) is 0 Å². The summed E-state index contributed by atoms with van der Waals surface area (Å²) in [5, 5.41) is 11.9. The summed E-state index contributed by atoms with van der Waals surface area (Å²) in [4.78, 5) is 12.8. The number of urea groups is 1. The predicted octanol–water partition coefficient (Wildman–Crippen LogP) is 2.44. The summed E-state index contributed by atoms with van der Waals surface area (Å²) in [6.07, 6.45) is -4.72. The molecule has 0 unspecified atom stereocenters. The van der Waals surface area contributed by atoms with Gasteiger partial charge in [-0.2, -0.15) is 13.2 Å². The van der Waals surface area contributed by atoms with E-state index in [0.29, 0.717) is 5.69 Å². The van der Waals surface area contributed by atoms with Crippen LogP contribution in [0.25, 0.3) is 0 Å². The quantitative estimate of drug-likeness (QED) is 0.834. The molecule has 1 aromatic carbocycles. The third kappa shape index (κ3) is 2.45. The molecule has 0 radical (unpaired) electrons. The number of aryl methyl sites for hydroxylation is 2. The minimum Gasteiger partial charge on any atom is -0.378 e. The molecule has 1 aliphatic heterocycles. The predicted molar refractivity (Wildman–Crippen MR) is 67.5 cm³/mol. The maximum atomic E-state index is 12.5. The second kappa shape index (κ2) is 4.66. The summed E-state index contributed by atoms with van der Waals surface area (Å²) in [6.45, 7) is 2.11. The Hall–Kier alpha value is -1.76. The zero-order valence-electron chi connectivity index (χ0n) is 11.1. The highest BCUT2D eigenvalue weighted by Gasteiger charge is 2.62. The van der Waals surface area contributed by atoms with E-state index in [4.69, 9.17) is 0 Å². The van der Waals surface area contributed by atoms with Crippen molar-refractivity contribution in [2.24, 2.45) is 0 Å². The zero-order valence-corrected chi connectivity index (χ0v) is 11.1. The number of nitrogens with zero attached hydrogens (tertiary/aromatic N) is 1. The summed E-state index contributed by atoms with van der Waals surface area (Å²) in [7, 11) is 0. The first-order valence-corrected chi connectivity index (χ1v) is 6.05. The molecule has 7 heteroatoms. The van der Waals surface area contributed by atoms with Gasteiger partial charge in [-0.25, -0.2) is 4.79 Å². The highest BCUT2D eigenvalue weighted by molar-refractivity contribution is 5.91. The van der Waals surface area contributed by atoms with Gasteiger partial charge in [0.25, 0.3) is 0 Å². The number of carbonyl (C=O) groups is 1. The number of likely N-dealkylation sites (tertiary alicyclic amines) is 1. The van der Waals surface area contributed by atoms with Crippen LogP contribution in [0, 0.1) is 13.8 Å². The van der Waals surface area contributed by atoms with Crippen LogP contribution >= 0.6 is 0 Å². The summed E-state index contributed by atoms with van der Waals surface area (Å²) in [5.74, 6) is 0. The number of hydrogen-bond donors (Lipinski definition) is 2. The zero-order chi connectivity index (χ0) is 15.1. The molecule has 1 heterocycles. The third-order valence-corrected chi connectivity index (χ3v) is 3.43. The first-order chi connectivity index (χ1) is 9.14. The van der Waals surface area contributed by atoms with Gasteiger partial charge in [0, 0.05) is 5.69 Å². The Kier molecular flexibility index (Phi) is 3.41. The van der Waals surface area contributed by atoms with Crippen molar-refractivity contribution in [1.82, 2.24) is 4.90 Å². The minimum absolute atomic E-state index is 0.583. The highest BCUT2D eigenvalue weighted by atomic mass is 19.4. The molecule has 1 aromatic rings. The Morgan fingerprint density at radius 2 is 1.80 bits per heavy atom. The SMILES string of the molecule is Cc1cccc(C)c1NC(=O)N1CC(O)(C(F)(F)F)C1. The van der Waals surface area contributed by atoms with E-state index in [1.807, 2.05) is 6.07 Å². The molecule has 1 saturated heterocycles. The lowest BCUT2D eigenvalue weighted by atomic mass is 9.94. The monoisotopic (exact) mass is 288 g/mol. The molecule has 0 aliphatic carbocycles. The summed E-state index contributed by atoms with van der Waals surface area (Å²) < 4.78 is 37.4. The molecule has 1 fully saturated rings. The minimum atomic E-state index is -4.72. The number of para-hydroxylation sites is 1. The van der Waals surface area contributed by atoms with E-state index >= 15 is 0 Å². The van der Waals surface area contributed by atoms with E-state index in [9.17, 15) is 23.1 Å². The molecule has 2 N–H and O–H groups in total. The lowest BCUT2D eigenvalue weighted by molar-refractivity contribution is -0.293. The molecule has 0 bridgehead atoms. The normalized spacial score (nSPS) is 17.6. The number of hydrogen-bond acceptors (Lipinski definition) is 2. The van der Waals surface area contributed by atoms with Crippen molar-refractivity contribution < 1.29 is 23.1 Å². The Morgan fingerprint density at radius 1 is 1.30 bits per heavy atom.